The summed E-state index contributed by atoms with van der Waals surface area (Å²) in [5.74, 6) is 0.754. The van der Waals surface area contributed by atoms with Crippen LogP contribution in [0.1, 0.15) is 76.1 Å². The van der Waals surface area contributed by atoms with Gasteiger partial charge in [-0.2, -0.15) is 0 Å². The number of anilines is 1. The average molecular weight is 620 g/mol. The van der Waals surface area contributed by atoms with Crippen LogP contribution >= 0.6 is 11.8 Å². The van der Waals surface area contributed by atoms with E-state index in [1.165, 1.54) is 23.3 Å². The number of piperidine rings is 1. The number of ether oxygens (including phenoxy) is 1. The fourth-order valence-corrected chi connectivity index (χ4v) is 6.94. The number of aromatic nitrogens is 2. The number of likely N-dealkylation sites (tertiary alicyclic amines) is 1. The maximum atomic E-state index is 13.6. The Labute approximate surface area is 263 Å². The molecule has 44 heavy (non-hydrogen) atoms. The van der Waals surface area contributed by atoms with Crippen molar-refractivity contribution in [2.24, 2.45) is 11.7 Å². The predicted octanol–water partition coefficient (Wildman–Crippen LogP) is 7.10. The number of hydrogen-bond donors (Lipinski definition) is 1. The molecule has 8 nitrogen and oxygen atoms in total. The Balaban J connectivity index is 1.42. The molecule has 1 fully saturated rings. The van der Waals surface area contributed by atoms with Crippen LogP contribution in [0.5, 0.6) is 0 Å². The molecule has 1 saturated heterocycles. The molecule has 2 aliphatic heterocycles. The smallest absolute Gasteiger partial charge is 0.410 e. The molecular weight excluding hydrogens is 577 g/mol. The molecule has 0 spiro atoms. The summed E-state index contributed by atoms with van der Waals surface area (Å²) in [6, 6.07) is 10.8. The molecule has 2 aliphatic rings. The van der Waals surface area contributed by atoms with E-state index >= 15 is 0 Å². The zero-order valence-corrected chi connectivity index (χ0v) is 27.0. The van der Waals surface area contributed by atoms with Crippen molar-refractivity contribution in [3.05, 3.63) is 81.7 Å². The minimum atomic E-state index is -0.517. The third-order valence-electron chi connectivity index (χ3n) is 8.23. The molecule has 4 heterocycles. The molecular formula is C34H42FN5O3S. The van der Waals surface area contributed by atoms with Crippen molar-refractivity contribution < 1.29 is 18.7 Å². The normalized spacial score (nSPS) is 17.8. The molecule has 2 amide bonds. The molecule has 3 aromatic rings. The number of allylic oxidation sites excluding steroid dienone is 2. The molecule has 1 unspecified atom stereocenters. The molecule has 0 saturated carbocycles. The van der Waals surface area contributed by atoms with Crippen LogP contribution in [0, 0.1) is 11.7 Å². The number of primary amides is 1. The Morgan fingerprint density at radius 2 is 1.84 bits per heavy atom. The van der Waals surface area contributed by atoms with E-state index in [4.69, 9.17) is 15.5 Å². The number of hydrogen-bond acceptors (Lipinski definition) is 6. The van der Waals surface area contributed by atoms with Gasteiger partial charge in [-0.05, 0) is 92.3 Å². The summed E-state index contributed by atoms with van der Waals surface area (Å²) in [5, 5.41) is 3.21. The summed E-state index contributed by atoms with van der Waals surface area (Å²) in [6.45, 7) is 9.09. The molecule has 0 aliphatic carbocycles. The van der Waals surface area contributed by atoms with Crippen molar-refractivity contribution in [3.63, 3.8) is 0 Å². The maximum absolute atomic E-state index is 13.6. The van der Waals surface area contributed by atoms with Crippen LogP contribution in [-0.2, 0) is 16.0 Å². The lowest BCUT2D eigenvalue weighted by Gasteiger charge is -2.33. The van der Waals surface area contributed by atoms with Crippen molar-refractivity contribution in [1.82, 2.24) is 14.3 Å². The predicted molar refractivity (Wildman–Crippen MR) is 175 cm³/mol. The second kappa shape index (κ2) is 13.1. The Kier molecular flexibility index (Phi) is 9.39. The van der Waals surface area contributed by atoms with Crippen molar-refractivity contribution >= 4 is 40.8 Å². The first-order valence-corrected chi connectivity index (χ1v) is 16.2. The fraction of sp³-hybridized carbons (Fsp3) is 0.441. The topological polar surface area (TPSA) is 93.2 Å². The van der Waals surface area contributed by atoms with Gasteiger partial charge in [-0.25, -0.2) is 14.2 Å². The van der Waals surface area contributed by atoms with E-state index in [9.17, 15) is 14.0 Å². The molecule has 10 heteroatoms. The van der Waals surface area contributed by atoms with Crippen molar-refractivity contribution in [3.8, 4) is 0 Å². The molecule has 0 bridgehead atoms. The van der Waals surface area contributed by atoms with Gasteiger partial charge in [0.1, 0.15) is 22.9 Å². The van der Waals surface area contributed by atoms with E-state index in [1.807, 2.05) is 46.0 Å². The van der Waals surface area contributed by atoms with Gasteiger partial charge in [-0.1, -0.05) is 36.9 Å². The molecule has 1 atom stereocenters. The number of thioether (sulfide) groups is 1. The lowest BCUT2D eigenvalue weighted by atomic mass is 9.90. The number of amides is 2. The van der Waals surface area contributed by atoms with E-state index in [1.54, 1.807) is 16.7 Å². The highest BCUT2D eigenvalue weighted by molar-refractivity contribution is 8.06. The number of carbonyl (C=O) groups excluding carboxylic acids is 2. The van der Waals surface area contributed by atoms with Gasteiger partial charge >= 0.3 is 6.09 Å². The van der Waals surface area contributed by atoms with Crippen molar-refractivity contribution in [2.45, 2.75) is 71.3 Å². The van der Waals surface area contributed by atoms with Crippen LogP contribution in [0.15, 0.2) is 59.1 Å². The van der Waals surface area contributed by atoms with Gasteiger partial charge in [0.15, 0.2) is 0 Å². The van der Waals surface area contributed by atoms with Crippen LogP contribution in [-0.4, -0.2) is 52.0 Å². The summed E-state index contributed by atoms with van der Waals surface area (Å²) in [7, 11) is 2.03. The molecule has 2 N–H and O–H groups in total. The first-order valence-electron chi connectivity index (χ1n) is 15.3. The number of nitrogens with two attached hydrogens (primary N) is 1. The minimum Gasteiger partial charge on any atom is -0.444 e. The highest BCUT2D eigenvalue weighted by Gasteiger charge is 2.29. The maximum Gasteiger partial charge on any atom is 0.410 e. The summed E-state index contributed by atoms with van der Waals surface area (Å²) < 4.78 is 21.3. The van der Waals surface area contributed by atoms with E-state index in [2.05, 4.69) is 40.0 Å². The van der Waals surface area contributed by atoms with Crippen LogP contribution in [0.3, 0.4) is 0 Å². The van der Waals surface area contributed by atoms with Crippen LogP contribution in [0.25, 0.3) is 11.2 Å². The third-order valence-corrected chi connectivity index (χ3v) is 9.25. The van der Waals surface area contributed by atoms with Crippen molar-refractivity contribution in [1.29, 1.82) is 0 Å². The number of aryl methyl sites for hydroxylation is 1. The monoisotopic (exact) mass is 619 g/mol. The van der Waals surface area contributed by atoms with Crippen LogP contribution in [0.2, 0.25) is 0 Å². The van der Waals surface area contributed by atoms with Crippen molar-refractivity contribution in [2.75, 3.05) is 25.0 Å². The SMILES string of the molecule is CCC1C=C(N(C)c2c(CCC(N)=O)nc3ccc(C4CCN(C(=O)OC(C)(C)C)CC4)cn23)SC=C1c1ccc(F)cc1. The molecule has 234 valence electrons. The molecule has 2 aromatic heterocycles. The first-order chi connectivity index (χ1) is 20.9. The lowest BCUT2D eigenvalue weighted by molar-refractivity contribution is -0.118. The van der Waals surface area contributed by atoms with Gasteiger partial charge < -0.3 is 20.3 Å². The summed E-state index contributed by atoms with van der Waals surface area (Å²) in [5.41, 5.74) is 10.0. The van der Waals surface area contributed by atoms with E-state index in [0.717, 1.165) is 47.0 Å². The number of halogens is 1. The summed E-state index contributed by atoms with van der Waals surface area (Å²) >= 11 is 1.63. The standard InChI is InChI=1S/C34H42FN5O3S/c1-6-22-19-31(44-21-27(22)24-7-10-26(35)11-8-24)38(5)32-28(12-13-29(36)41)37-30-14-9-25(20-40(30)32)23-15-17-39(18-16-23)33(42)43-34(2,3)4/h7-11,14,19-23H,6,12-13,15-18H2,1-5H3,(H2,36,41). The number of nitrogens with zero attached hydrogens (tertiary/aromatic N) is 4. The van der Waals surface area contributed by atoms with E-state index in [-0.39, 0.29) is 30.2 Å². The molecule has 5 rings (SSSR count). The highest BCUT2D eigenvalue weighted by atomic mass is 32.2. The highest BCUT2D eigenvalue weighted by Crippen LogP contribution is 2.41. The molecule has 0 radical (unpaired) electrons. The van der Waals surface area contributed by atoms with Crippen LogP contribution < -0.4 is 10.6 Å². The van der Waals surface area contributed by atoms with Gasteiger partial charge in [0, 0.05) is 45.1 Å². The van der Waals surface area contributed by atoms with Gasteiger partial charge in [-0.15, -0.1) is 0 Å². The number of rotatable bonds is 8. The zero-order chi connectivity index (χ0) is 31.6. The summed E-state index contributed by atoms with van der Waals surface area (Å²) in [6.07, 6.45) is 7.38. The second-order valence-corrected chi connectivity index (χ2v) is 13.4. The number of fused-ring (bicyclic) bond motifs is 1. The average Bonchev–Trinajstić information content (AvgIpc) is 3.36. The fourth-order valence-electron chi connectivity index (χ4n) is 5.90. The number of pyridine rings is 1. The van der Waals surface area contributed by atoms with Crippen LogP contribution in [0.4, 0.5) is 15.0 Å². The summed E-state index contributed by atoms with van der Waals surface area (Å²) in [4.78, 5) is 33.2. The van der Waals surface area contributed by atoms with Gasteiger partial charge in [0.2, 0.25) is 5.91 Å². The Morgan fingerprint density at radius 3 is 2.48 bits per heavy atom. The zero-order valence-electron chi connectivity index (χ0n) is 26.2. The van der Waals surface area contributed by atoms with E-state index < -0.39 is 5.60 Å². The van der Waals surface area contributed by atoms with E-state index in [0.29, 0.717) is 25.4 Å². The van der Waals surface area contributed by atoms with Gasteiger partial charge in [0.05, 0.1) is 10.7 Å². The number of imidazole rings is 1. The Bertz CT molecular complexity index is 1580. The quantitative estimate of drug-likeness (QED) is 0.289. The lowest BCUT2D eigenvalue weighted by Crippen LogP contribution is -2.41. The number of benzene rings is 1. The number of carbonyl (C=O) groups is 2. The Morgan fingerprint density at radius 1 is 1.14 bits per heavy atom. The van der Waals surface area contributed by atoms with Gasteiger partial charge in [0.25, 0.3) is 0 Å². The second-order valence-electron chi connectivity index (χ2n) is 12.6. The van der Waals surface area contributed by atoms with Gasteiger partial charge in [-0.3, -0.25) is 9.20 Å². The largest absolute Gasteiger partial charge is 0.444 e. The third kappa shape index (κ3) is 7.12. The molecule has 1 aromatic carbocycles. The Hall–Kier alpha value is -3.79. The minimum absolute atomic E-state index is 0.165. The first kappa shape index (κ1) is 31.6.